The lowest BCUT2D eigenvalue weighted by molar-refractivity contribution is -0.124. The van der Waals surface area contributed by atoms with Crippen LogP contribution in [-0.4, -0.2) is 58.8 Å². The number of nitriles is 1. The summed E-state index contributed by atoms with van der Waals surface area (Å²) < 4.78 is 12.9. The second-order valence-corrected chi connectivity index (χ2v) is 14.6. The van der Waals surface area contributed by atoms with Crippen molar-refractivity contribution in [2.45, 2.75) is 103 Å². The zero-order valence-electron chi connectivity index (χ0n) is 29.5. The first kappa shape index (κ1) is 35.9. The Kier molecular flexibility index (Phi) is 11.7. The predicted molar refractivity (Wildman–Crippen MR) is 189 cm³/mol. The monoisotopic (exact) mass is 669 g/mol. The van der Waals surface area contributed by atoms with E-state index in [2.05, 4.69) is 48.5 Å². The Balaban J connectivity index is 1.29. The zero-order valence-corrected chi connectivity index (χ0v) is 29.5. The van der Waals surface area contributed by atoms with Crippen LogP contribution >= 0.6 is 0 Å². The van der Waals surface area contributed by atoms with Crippen molar-refractivity contribution in [1.29, 1.82) is 5.26 Å². The van der Waals surface area contributed by atoms with Crippen molar-refractivity contribution < 1.29 is 24.2 Å². The van der Waals surface area contributed by atoms with Crippen molar-refractivity contribution in [3.05, 3.63) is 66.0 Å². The number of carbonyl (C=O) groups excluding carboxylic acids is 2. The van der Waals surface area contributed by atoms with Gasteiger partial charge in [-0.2, -0.15) is 10.4 Å². The van der Waals surface area contributed by atoms with E-state index in [0.29, 0.717) is 55.4 Å². The third-order valence-corrected chi connectivity index (χ3v) is 9.95. The highest BCUT2D eigenvalue weighted by Crippen LogP contribution is 2.39. The van der Waals surface area contributed by atoms with E-state index in [1.807, 2.05) is 46.2 Å². The number of hydrogen-bond acceptors (Lipinski definition) is 7. The van der Waals surface area contributed by atoms with Gasteiger partial charge in [-0.25, -0.2) is 4.79 Å². The topological polar surface area (TPSA) is 130 Å². The summed E-state index contributed by atoms with van der Waals surface area (Å²) in [4.78, 5) is 28.7. The number of benzene rings is 2. The minimum atomic E-state index is -1.02. The number of carbonyl (C=O) groups is 2. The van der Waals surface area contributed by atoms with Crippen molar-refractivity contribution in [1.82, 2.24) is 15.1 Å². The van der Waals surface area contributed by atoms with E-state index in [4.69, 9.17) is 9.47 Å². The molecular formula is C39H51N5O5. The maximum absolute atomic E-state index is 14.4. The quantitative estimate of drug-likeness (QED) is 0.218. The van der Waals surface area contributed by atoms with Crippen molar-refractivity contribution in [3.8, 4) is 22.9 Å². The molecule has 0 unspecified atom stereocenters. The molecule has 10 nitrogen and oxygen atoms in total. The number of methoxy groups -OCH3 is 1. The van der Waals surface area contributed by atoms with E-state index in [1.54, 1.807) is 21.0 Å². The molecule has 49 heavy (non-hydrogen) atoms. The molecular weight excluding hydrogens is 618 g/mol. The molecule has 2 saturated carbocycles. The molecule has 0 spiro atoms. The van der Waals surface area contributed by atoms with E-state index >= 15 is 0 Å². The third-order valence-electron chi connectivity index (χ3n) is 9.95. The molecule has 0 saturated heterocycles. The van der Waals surface area contributed by atoms with Crippen LogP contribution in [-0.2, 0) is 9.53 Å². The minimum Gasteiger partial charge on any atom is -0.495 e. The van der Waals surface area contributed by atoms with Gasteiger partial charge in [0.25, 0.3) is 0 Å². The van der Waals surface area contributed by atoms with Gasteiger partial charge in [-0.15, -0.1) is 0 Å². The average molecular weight is 670 g/mol. The number of alkyl carbamates (subject to hydrolysis) is 1. The summed E-state index contributed by atoms with van der Waals surface area (Å²) in [6.07, 6.45) is 9.63. The number of aromatic nitrogens is 2. The van der Waals surface area contributed by atoms with E-state index in [0.717, 1.165) is 42.5 Å². The smallest absolute Gasteiger partial charge is 0.407 e. The molecule has 2 aliphatic carbocycles. The summed E-state index contributed by atoms with van der Waals surface area (Å²) in [6.45, 7) is 8.20. The highest BCUT2D eigenvalue weighted by Gasteiger charge is 2.34. The molecule has 5 rings (SSSR count). The fourth-order valence-electron chi connectivity index (χ4n) is 7.08. The fourth-order valence-corrected chi connectivity index (χ4v) is 7.08. The van der Waals surface area contributed by atoms with Crippen molar-refractivity contribution >= 4 is 17.7 Å². The normalized spacial score (nSPS) is 21.1. The molecule has 0 radical (unpaired) electrons. The molecule has 0 aliphatic heterocycles. The number of nitrogens with one attached hydrogen (secondary N) is 1. The molecule has 2 fully saturated rings. The van der Waals surface area contributed by atoms with E-state index in [1.165, 1.54) is 5.56 Å². The number of nitrogens with zero attached hydrogens (tertiary/aromatic N) is 4. The Labute approximate surface area is 290 Å². The molecule has 2 aromatic carbocycles. The molecule has 2 aliphatic rings. The van der Waals surface area contributed by atoms with Gasteiger partial charge in [-0.05, 0) is 126 Å². The van der Waals surface area contributed by atoms with Crippen LogP contribution in [0, 0.1) is 23.2 Å². The van der Waals surface area contributed by atoms with Crippen LogP contribution in [0.5, 0.6) is 5.75 Å². The number of ether oxygens (including phenoxy) is 2. The van der Waals surface area contributed by atoms with Crippen molar-refractivity contribution in [2.75, 3.05) is 25.1 Å². The van der Waals surface area contributed by atoms with E-state index in [-0.39, 0.29) is 30.5 Å². The summed E-state index contributed by atoms with van der Waals surface area (Å²) in [5, 5.41) is 26.7. The van der Waals surface area contributed by atoms with Crippen molar-refractivity contribution in [3.63, 3.8) is 0 Å². The number of hydrogen-bond donors (Lipinski definition) is 2. The number of amides is 2. The summed E-state index contributed by atoms with van der Waals surface area (Å²) >= 11 is 0. The lowest BCUT2D eigenvalue weighted by Crippen LogP contribution is -2.43. The van der Waals surface area contributed by atoms with Crippen LogP contribution in [0.1, 0.15) is 102 Å². The Morgan fingerprint density at radius 1 is 1.06 bits per heavy atom. The minimum absolute atomic E-state index is 0.106. The molecule has 262 valence electrons. The fraction of sp³-hybridized carbons (Fsp3) is 0.538. The lowest BCUT2D eigenvalue weighted by Gasteiger charge is -2.36. The van der Waals surface area contributed by atoms with E-state index < -0.39 is 11.7 Å². The molecule has 2 amide bonds. The first-order valence-corrected chi connectivity index (χ1v) is 17.6. The first-order valence-electron chi connectivity index (χ1n) is 17.6. The Hall–Kier alpha value is -4.36. The SMILES string of the molecule is COc1ccc(C2CCC(CN(C(=O)C3CCC(OC(=O)NCC(C)(C)O)CC3)c3cccc(-c4cnn(C(C)C)c4)c3)CC2)cc1C#N. The number of anilines is 1. The highest BCUT2D eigenvalue weighted by atomic mass is 16.6. The largest absolute Gasteiger partial charge is 0.495 e. The zero-order chi connectivity index (χ0) is 35.1. The van der Waals surface area contributed by atoms with Gasteiger partial charge in [0.15, 0.2) is 0 Å². The second kappa shape index (κ2) is 15.9. The third kappa shape index (κ3) is 9.42. The van der Waals surface area contributed by atoms with Crippen LogP contribution in [0.3, 0.4) is 0 Å². The first-order chi connectivity index (χ1) is 23.4. The summed E-state index contributed by atoms with van der Waals surface area (Å²) in [7, 11) is 1.59. The lowest BCUT2D eigenvalue weighted by atomic mass is 9.78. The summed E-state index contributed by atoms with van der Waals surface area (Å²) in [5.74, 6) is 1.28. The van der Waals surface area contributed by atoms with Gasteiger partial charge in [-0.3, -0.25) is 9.48 Å². The molecule has 10 heteroatoms. The van der Waals surface area contributed by atoms with Crippen LogP contribution in [0.15, 0.2) is 54.9 Å². The van der Waals surface area contributed by atoms with Crippen LogP contribution < -0.4 is 15.0 Å². The maximum atomic E-state index is 14.4. The van der Waals surface area contributed by atoms with Gasteiger partial charge in [0.05, 0.1) is 24.5 Å². The molecule has 0 atom stereocenters. The highest BCUT2D eigenvalue weighted by molar-refractivity contribution is 5.95. The predicted octanol–water partition coefficient (Wildman–Crippen LogP) is 7.37. The van der Waals surface area contributed by atoms with Gasteiger partial charge in [0.2, 0.25) is 5.91 Å². The average Bonchev–Trinajstić information content (AvgIpc) is 3.61. The molecule has 1 heterocycles. The number of aliphatic hydroxyl groups is 1. The van der Waals surface area contributed by atoms with Gasteiger partial charge < -0.3 is 24.8 Å². The Morgan fingerprint density at radius 3 is 2.43 bits per heavy atom. The summed E-state index contributed by atoms with van der Waals surface area (Å²) in [6, 6.07) is 16.6. The van der Waals surface area contributed by atoms with Crippen LogP contribution in [0.25, 0.3) is 11.1 Å². The van der Waals surface area contributed by atoms with Gasteiger partial charge in [-0.1, -0.05) is 18.2 Å². The molecule has 2 N–H and O–H groups in total. The van der Waals surface area contributed by atoms with Gasteiger partial charge in [0, 0.05) is 42.5 Å². The molecule has 0 bridgehead atoms. The Bertz CT molecular complexity index is 1620. The van der Waals surface area contributed by atoms with Crippen LogP contribution in [0.4, 0.5) is 10.5 Å². The standard InChI is InChI=1S/C39H51N5O5/c1-26(2)44-24-33(22-42-44)30-7-6-8-34(20-30)43(37(45)29-13-16-35(17-14-29)49-38(46)41-25-39(3,4)47)23-27-9-11-28(12-10-27)31-15-18-36(48-5)32(19-31)21-40/h6-8,15,18-20,22,24,26-29,35,47H,9-14,16-17,23,25H2,1-5H3,(H,41,46). The van der Waals surface area contributed by atoms with Crippen LogP contribution in [0.2, 0.25) is 0 Å². The second-order valence-electron chi connectivity index (χ2n) is 14.6. The van der Waals surface area contributed by atoms with Crippen molar-refractivity contribution in [2.24, 2.45) is 11.8 Å². The summed E-state index contributed by atoms with van der Waals surface area (Å²) in [5.41, 5.74) is 3.64. The maximum Gasteiger partial charge on any atom is 0.407 e. The van der Waals surface area contributed by atoms with Gasteiger partial charge in [0.1, 0.15) is 17.9 Å². The molecule has 3 aromatic rings. The Morgan fingerprint density at radius 2 is 1.80 bits per heavy atom. The van der Waals surface area contributed by atoms with E-state index in [9.17, 15) is 20.0 Å². The van der Waals surface area contributed by atoms with Gasteiger partial charge >= 0.3 is 6.09 Å². The number of rotatable bonds is 11. The molecule has 1 aromatic heterocycles.